The SMILES string of the molecule is CCN(Cc1ccc(OC)cc1)C(=O)CSc1nnnn1C1CC1. The van der Waals surface area contributed by atoms with Gasteiger partial charge in [-0.2, -0.15) is 0 Å². The van der Waals surface area contributed by atoms with Crippen LogP contribution in [0.15, 0.2) is 29.4 Å². The van der Waals surface area contributed by atoms with Crippen LogP contribution < -0.4 is 4.74 Å². The van der Waals surface area contributed by atoms with E-state index in [1.807, 2.05) is 40.8 Å². The summed E-state index contributed by atoms with van der Waals surface area (Å²) in [5, 5.41) is 12.5. The molecule has 1 fully saturated rings. The van der Waals surface area contributed by atoms with Gasteiger partial charge in [0.05, 0.1) is 18.9 Å². The average Bonchev–Trinajstić information content (AvgIpc) is 3.36. The number of carbonyl (C=O) groups is 1. The van der Waals surface area contributed by atoms with Gasteiger partial charge in [0.2, 0.25) is 11.1 Å². The lowest BCUT2D eigenvalue weighted by Gasteiger charge is -2.21. The van der Waals surface area contributed by atoms with E-state index in [4.69, 9.17) is 4.74 Å². The highest BCUT2D eigenvalue weighted by Crippen LogP contribution is 2.36. The largest absolute Gasteiger partial charge is 0.497 e. The Balaban J connectivity index is 1.56. The van der Waals surface area contributed by atoms with Crippen LogP contribution in [-0.2, 0) is 11.3 Å². The second kappa shape index (κ2) is 7.65. The highest BCUT2D eigenvalue weighted by molar-refractivity contribution is 7.99. The number of aromatic nitrogens is 4. The molecule has 0 N–H and O–H groups in total. The molecule has 1 aliphatic rings. The van der Waals surface area contributed by atoms with Gasteiger partial charge in [-0.3, -0.25) is 4.79 Å². The monoisotopic (exact) mass is 347 g/mol. The molecule has 1 aliphatic carbocycles. The number of rotatable bonds is 8. The number of benzene rings is 1. The van der Waals surface area contributed by atoms with Crippen LogP contribution in [0, 0.1) is 0 Å². The van der Waals surface area contributed by atoms with Crippen LogP contribution in [-0.4, -0.2) is 50.4 Å². The second-order valence-electron chi connectivity index (χ2n) is 5.68. The Morgan fingerprint density at radius 2 is 2.12 bits per heavy atom. The molecular weight excluding hydrogens is 326 g/mol. The van der Waals surface area contributed by atoms with Gasteiger partial charge in [0.25, 0.3) is 0 Å². The van der Waals surface area contributed by atoms with Crippen LogP contribution in [0.2, 0.25) is 0 Å². The molecule has 0 spiro atoms. The van der Waals surface area contributed by atoms with Crippen LogP contribution in [0.5, 0.6) is 5.75 Å². The van der Waals surface area contributed by atoms with Crippen LogP contribution >= 0.6 is 11.8 Å². The molecule has 0 saturated heterocycles. The van der Waals surface area contributed by atoms with Crippen molar-refractivity contribution in [3.05, 3.63) is 29.8 Å². The summed E-state index contributed by atoms with van der Waals surface area (Å²) in [6.45, 7) is 3.24. The van der Waals surface area contributed by atoms with E-state index in [1.165, 1.54) is 11.8 Å². The Hall–Kier alpha value is -2.09. The zero-order chi connectivity index (χ0) is 16.9. The van der Waals surface area contributed by atoms with Gasteiger partial charge in [0, 0.05) is 13.1 Å². The molecule has 0 aliphatic heterocycles. The van der Waals surface area contributed by atoms with Gasteiger partial charge >= 0.3 is 0 Å². The fraction of sp³-hybridized carbons (Fsp3) is 0.500. The highest BCUT2D eigenvalue weighted by atomic mass is 32.2. The molecule has 2 aromatic rings. The van der Waals surface area contributed by atoms with Crippen molar-refractivity contribution in [3.8, 4) is 5.75 Å². The van der Waals surface area contributed by atoms with Gasteiger partial charge in [0.15, 0.2) is 0 Å². The number of methoxy groups -OCH3 is 1. The van der Waals surface area contributed by atoms with Gasteiger partial charge in [-0.15, -0.1) is 5.10 Å². The molecule has 1 amide bonds. The van der Waals surface area contributed by atoms with Crippen LogP contribution in [0.4, 0.5) is 0 Å². The Labute approximate surface area is 145 Å². The van der Waals surface area contributed by atoms with E-state index in [0.29, 0.717) is 24.9 Å². The first-order valence-electron chi connectivity index (χ1n) is 8.02. The van der Waals surface area contributed by atoms with Crippen molar-refractivity contribution < 1.29 is 9.53 Å². The Bertz CT molecular complexity index is 684. The minimum atomic E-state index is 0.0867. The van der Waals surface area contributed by atoms with Crippen molar-refractivity contribution in [2.75, 3.05) is 19.4 Å². The molecule has 0 atom stereocenters. The number of nitrogens with zero attached hydrogens (tertiary/aromatic N) is 5. The topological polar surface area (TPSA) is 73.1 Å². The third kappa shape index (κ3) is 4.05. The van der Waals surface area contributed by atoms with Crippen molar-refractivity contribution in [1.82, 2.24) is 25.1 Å². The smallest absolute Gasteiger partial charge is 0.233 e. The predicted octanol–water partition coefficient (Wildman–Crippen LogP) is 2.16. The fourth-order valence-corrected chi connectivity index (χ4v) is 3.22. The van der Waals surface area contributed by atoms with E-state index in [9.17, 15) is 4.79 Å². The Morgan fingerprint density at radius 3 is 2.75 bits per heavy atom. The number of amides is 1. The lowest BCUT2D eigenvalue weighted by atomic mass is 10.2. The first-order valence-corrected chi connectivity index (χ1v) is 9.01. The maximum Gasteiger partial charge on any atom is 0.233 e. The van der Waals surface area contributed by atoms with Gasteiger partial charge in [-0.25, -0.2) is 4.68 Å². The van der Waals surface area contributed by atoms with Gasteiger partial charge in [-0.1, -0.05) is 23.9 Å². The van der Waals surface area contributed by atoms with E-state index >= 15 is 0 Å². The Morgan fingerprint density at radius 1 is 1.38 bits per heavy atom. The average molecular weight is 347 g/mol. The maximum absolute atomic E-state index is 12.5. The standard InChI is InChI=1S/C16H21N5O2S/c1-3-20(10-12-4-8-14(23-2)9-5-12)15(22)11-24-16-17-18-19-21(16)13-6-7-13/h4-5,8-9,13H,3,6-7,10-11H2,1-2H3. The quantitative estimate of drug-likeness (QED) is 0.681. The van der Waals surface area contributed by atoms with Crippen molar-refractivity contribution in [2.45, 2.75) is 37.5 Å². The molecule has 128 valence electrons. The van der Waals surface area contributed by atoms with E-state index < -0.39 is 0 Å². The van der Waals surface area contributed by atoms with Crippen LogP contribution in [0.1, 0.15) is 31.4 Å². The molecule has 1 aromatic heterocycles. The van der Waals surface area contributed by atoms with E-state index in [2.05, 4.69) is 15.5 Å². The molecule has 1 aromatic carbocycles. The van der Waals surface area contributed by atoms with Gasteiger partial charge in [-0.05, 0) is 47.9 Å². The number of ether oxygens (including phenoxy) is 1. The summed E-state index contributed by atoms with van der Waals surface area (Å²) in [4.78, 5) is 14.3. The zero-order valence-corrected chi connectivity index (χ0v) is 14.7. The van der Waals surface area contributed by atoms with Crippen molar-refractivity contribution in [3.63, 3.8) is 0 Å². The third-order valence-electron chi connectivity index (χ3n) is 3.95. The summed E-state index contributed by atoms with van der Waals surface area (Å²) in [7, 11) is 1.64. The first-order chi connectivity index (χ1) is 11.7. The van der Waals surface area contributed by atoms with Crippen LogP contribution in [0.25, 0.3) is 0 Å². The number of tetrazole rings is 1. The van der Waals surface area contributed by atoms with E-state index in [-0.39, 0.29) is 5.91 Å². The summed E-state index contributed by atoms with van der Waals surface area (Å²) in [6.07, 6.45) is 2.23. The molecule has 24 heavy (non-hydrogen) atoms. The number of hydrogen-bond acceptors (Lipinski definition) is 6. The molecule has 8 heteroatoms. The highest BCUT2D eigenvalue weighted by Gasteiger charge is 2.28. The summed E-state index contributed by atoms with van der Waals surface area (Å²) in [5.41, 5.74) is 1.08. The van der Waals surface area contributed by atoms with Crippen molar-refractivity contribution in [1.29, 1.82) is 0 Å². The minimum absolute atomic E-state index is 0.0867. The maximum atomic E-state index is 12.5. The molecule has 0 radical (unpaired) electrons. The van der Waals surface area contributed by atoms with Gasteiger partial charge < -0.3 is 9.64 Å². The molecule has 1 heterocycles. The normalized spacial score (nSPS) is 13.8. The summed E-state index contributed by atoms with van der Waals surface area (Å²) in [5.74, 6) is 1.25. The molecular formula is C16H21N5O2S. The van der Waals surface area contributed by atoms with E-state index in [1.54, 1.807) is 7.11 Å². The lowest BCUT2D eigenvalue weighted by Crippen LogP contribution is -2.31. The predicted molar refractivity (Wildman–Crippen MR) is 90.9 cm³/mol. The summed E-state index contributed by atoms with van der Waals surface area (Å²) >= 11 is 1.41. The second-order valence-corrected chi connectivity index (χ2v) is 6.62. The van der Waals surface area contributed by atoms with Crippen molar-refractivity contribution >= 4 is 17.7 Å². The summed E-state index contributed by atoms with van der Waals surface area (Å²) in [6, 6.07) is 8.20. The molecule has 7 nitrogen and oxygen atoms in total. The van der Waals surface area contributed by atoms with Crippen molar-refractivity contribution in [2.24, 2.45) is 0 Å². The zero-order valence-electron chi connectivity index (χ0n) is 13.9. The number of thioether (sulfide) groups is 1. The molecule has 0 bridgehead atoms. The third-order valence-corrected chi connectivity index (χ3v) is 4.87. The summed E-state index contributed by atoms with van der Waals surface area (Å²) < 4.78 is 6.99. The first kappa shape index (κ1) is 16.8. The number of carbonyl (C=O) groups excluding carboxylic acids is 1. The van der Waals surface area contributed by atoms with Gasteiger partial charge in [0.1, 0.15) is 5.75 Å². The fourth-order valence-electron chi connectivity index (χ4n) is 2.37. The minimum Gasteiger partial charge on any atom is -0.497 e. The Kier molecular flexibility index (Phi) is 5.34. The van der Waals surface area contributed by atoms with E-state index in [0.717, 1.165) is 29.3 Å². The molecule has 3 rings (SSSR count). The number of hydrogen-bond donors (Lipinski definition) is 0. The lowest BCUT2D eigenvalue weighted by molar-refractivity contribution is -0.128. The molecule has 0 unspecified atom stereocenters. The molecule has 1 saturated carbocycles. The van der Waals surface area contributed by atoms with Crippen LogP contribution in [0.3, 0.4) is 0 Å².